The maximum absolute atomic E-state index is 12.1. The molecule has 0 aliphatic rings. The van der Waals surface area contributed by atoms with E-state index in [4.69, 9.17) is 0 Å². The molecule has 0 atom stereocenters. The average molecular weight is 361 g/mol. The van der Waals surface area contributed by atoms with Gasteiger partial charge >= 0.3 is 0 Å². The minimum absolute atomic E-state index is 0.0507. The number of carbonyl (C=O) groups excluding carboxylic acids is 1. The number of rotatable bonds is 5. The van der Waals surface area contributed by atoms with Crippen molar-refractivity contribution in [3.05, 3.63) is 54.1 Å². The first kappa shape index (κ1) is 16.5. The minimum Gasteiger partial charge on any atom is -0.333 e. The summed E-state index contributed by atoms with van der Waals surface area (Å²) < 4.78 is 26.3. The molecule has 0 radical (unpaired) electrons. The van der Waals surface area contributed by atoms with E-state index < -0.39 is 15.9 Å². The Morgan fingerprint density at radius 1 is 1.17 bits per heavy atom. The van der Waals surface area contributed by atoms with Gasteiger partial charge in [0.25, 0.3) is 10.0 Å². The van der Waals surface area contributed by atoms with E-state index in [1.54, 1.807) is 12.1 Å². The molecule has 6 nitrogen and oxygen atoms in total. The first-order chi connectivity index (χ1) is 11.4. The number of hydrogen-bond acceptors (Lipinski definition) is 5. The lowest BCUT2D eigenvalue weighted by Gasteiger charge is -2.06. The number of aryl methyl sites for hydroxylation is 1. The van der Waals surface area contributed by atoms with Crippen LogP contribution >= 0.6 is 11.8 Å². The summed E-state index contributed by atoms with van der Waals surface area (Å²) in [6.45, 7) is 1.86. The van der Waals surface area contributed by atoms with E-state index in [0.29, 0.717) is 5.16 Å². The number of aromatic nitrogens is 2. The zero-order valence-electron chi connectivity index (χ0n) is 12.8. The van der Waals surface area contributed by atoms with Gasteiger partial charge in [0.2, 0.25) is 5.91 Å². The highest BCUT2D eigenvalue weighted by Crippen LogP contribution is 2.19. The highest BCUT2D eigenvalue weighted by atomic mass is 32.2. The van der Waals surface area contributed by atoms with Gasteiger partial charge in [-0.1, -0.05) is 41.6 Å². The number of benzene rings is 2. The zero-order valence-corrected chi connectivity index (χ0v) is 14.4. The van der Waals surface area contributed by atoms with Crippen LogP contribution in [-0.4, -0.2) is 30.0 Å². The fourth-order valence-corrected chi connectivity index (χ4v) is 3.85. The smallest absolute Gasteiger partial charge is 0.264 e. The van der Waals surface area contributed by atoms with Crippen LogP contribution in [0.1, 0.15) is 5.56 Å². The van der Waals surface area contributed by atoms with Crippen molar-refractivity contribution >= 4 is 38.7 Å². The predicted molar refractivity (Wildman–Crippen MR) is 93.3 cm³/mol. The van der Waals surface area contributed by atoms with Crippen molar-refractivity contribution in [2.24, 2.45) is 0 Å². The van der Waals surface area contributed by atoms with E-state index in [1.165, 1.54) is 12.1 Å². The van der Waals surface area contributed by atoms with E-state index in [9.17, 15) is 13.2 Å². The molecule has 0 aliphatic heterocycles. The molecule has 8 heteroatoms. The standard InChI is InChI=1S/C16H15N3O3S2/c1-11-6-8-12(9-7-11)24(21,22)19-15(20)10-23-16-17-13-4-2-3-5-14(13)18-16/h2-9H,10H2,1H3,(H,17,18)(H,19,20). The van der Waals surface area contributed by atoms with Gasteiger partial charge in [0.15, 0.2) is 5.16 Å². The lowest BCUT2D eigenvalue weighted by Crippen LogP contribution is -2.31. The molecule has 0 bridgehead atoms. The molecule has 3 aromatic rings. The zero-order chi connectivity index (χ0) is 17.2. The van der Waals surface area contributed by atoms with Crippen LogP contribution in [0.3, 0.4) is 0 Å². The molecule has 124 valence electrons. The van der Waals surface area contributed by atoms with Gasteiger partial charge in [-0.25, -0.2) is 18.1 Å². The number of carbonyl (C=O) groups is 1. The Morgan fingerprint density at radius 3 is 2.58 bits per heavy atom. The van der Waals surface area contributed by atoms with Crippen molar-refractivity contribution in [1.29, 1.82) is 0 Å². The molecule has 0 saturated heterocycles. The number of aromatic amines is 1. The molecule has 0 saturated carbocycles. The van der Waals surface area contributed by atoms with Crippen LogP contribution in [0.5, 0.6) is 0 Å². The van der Waals surface area contributed by atoms with Crippen molar-refractivity contribution in [1.82, 2.24) is 14.7 Å². The maximum atomic E-state index is 12.1. The van der Waals surface area contributed by atoms with E-state index >= 15 is 0 Å². The second kappa shape index (κ2) is 6.66. The van der Waals surface area contributed by atoms with Gasteiger partial charge in [-0.15, -0.1) is 0 Å². The molecular formula is C16H15N3O3S2. The van der Waals surface area contributed by atoms with Crippen LogP contribution in [0, 0.1) is 6.92 Å². The summed E-state index contributed by atoms with van der Waals surface area (Å²) in [6.07, 6.45) is 0. The molecule has 0 aliphatic carbocycles. The summed E-state index contributed by atoms with van der Waals surface area (Å²) in [5, 5.41) is 0.569. The monoisotopic (exact) mass is 361 g/mol. The van der Waals surface area contributed by atoms with Crippen LogP contribution in [0.15, 0.2) is 58.6 Å². The summed E-state index contributed by atoms with van der Waals surface area (Å²) in [7, 11) is -3.85. The Morgan fingerprint density at radius 2 is 1.88 bits per heavy atom. The molecule has 1 amide bonds. The van der Waals surface area contributed by atoms with Crippen LogP contribution < -0.4 is 4.72 Å². The number of nitrogens with one attached hydrogen (secondary N) is 2. The highest BCUT2D eigenvalue weighted by molar-refractivity contribution is 8.00. The van der Waals surface area contributed by atoms with Crippen molar-refractivity contribution in [2.45, 2.75) is 17.0 Å². The fourth-order valence-electron chi connectivity index (χ4n) is 2.09. The Kier molecular flexibility index (Phi) is 4.59. The number of para-hydroxylation sites is 2. The van der Waals surface area contributed by atoms with Crippen molar-refractivity contribution in [3.8, 4) is 0 Å². The van der Waals surface area contributed by atoms with Crippen LogP contribution in [-0.2, 0) is 14.8 Å². The third-order valence-corrected chi connectivity index (χ3v) is 5.55. The molecule has 1 aromatic heterocycles. The summed E-state index contributed by atoms with van der Waals surface area (Å²) in [5.74, 6) is -0.647. The van der Waals surface area contributed by atoms with Gasteiger partial charge in [-0.2, -0.15) is 0 Å². The largest absolute Gasteiger partial charge is 0.333 e. The van der Waals surface area contributed by atoms with E-state index in [2.05, 4.69) is 14.7 Å². The van der Waals surface area contributed by atoms with Crippen molar-refractivity contribution < 1.29 is 13.2 Å². The van der Waals surface area contributed by atoms with E-state index in [0.717, 1.165) is 28.4 Å². The molecule has 2 aromatic carbocycles. The Labute approximate surface area is 143 Å². The summed E-state index contributed by atoms with van der Waals surface area (Å²) in [6, 6.07) is 13.8. The average Bonchev–Trinajstić information content (AvgIpc) is 2.96. The number of amides is 1. The number of fused-ring (bicyclic) bond motifs is 1. The van der Waals surface area contributed by atoms with Gasteiger partial charge in [0.1, 0.15) is 0 Å². The number of sulfonamides is 1. The predicted octanol–water partition coefficient (Wildman–Crippen LogP) is 2.47. The molecule has 0 fully saturated rings. The lowest BCUT2D eigenvalue weighted by molar-refractivity contribution is -0.116. The molecular weight excluding hydrogens is 346 g/mol. The van der Waals surface area contributed by atoms with Gasteiger partial charge in [-0.3, -0.25) is 4.79 Å². The Bertz CT molecular complexity index is 946. The van der Waals surface area contributed by atoms with Crippen LogP contribution in [0.25, 0.3) is 11.0 Å². The van der Waals surface area contributed by atoms with Gasteiger partial charge in [-0.05, 0) is 31.2 Å². The third-order valence-electron chi connectivity index (χ3n) is 3.29. The molecule has 0 unspecified atom stereocenters. The quantitative estimate of drug-likeness (QED) is 0.681. The maximum Gasteiger partial charge on any atom is 0.264 e. The number of thioether (sulfide) groups is 1. The number of nitrogens with zero attached hydrogens (tertiary/aromatic N) is 1. The first-order valence-corrected chi connectivity index (χ1v) is 9.61. The molecule has 2 N–H and O–H groups in total. The Balaban J connectivity index is 1.63. The number of imidazole rings is 1. The second-order valence-corrected chi connectivity index (χ2v) is 7.84. The third kappa shape index (κ3) is 3.77. The Hall–Kier alpha value is -2.32. The lowest BCUT2D eigenvalue weighted by atomic mass is 10.2. The van der Waals surface area contributed by atoms with Crippen LogP contribution in [0.4, 0.5) is 0 Å². The second-order valence-electron chi connectivity index (χ2n) is 5.19. The molecule has 3 rings (SSSR count). The van der Waals surface area contributed by atoms with Gasteiger partial charge in [0.05, 0.1) is 21.7 Å². The van der Waals surface area contributed by atoms with Crippen LogP contribution in [0.2, 0.25) is 0 Å². The molecule has 1 heterocycles. The highest BCUT2D eigenvalue weighted by Gasteiger charge is 2.17. The van der Waals surface area contributed by atoms with E-state index in [1.807, 2.05) is 31.2 Å². The first-order valence-electron chi connectivity index (χ1n) is 7.14. The minimum atomic E-state index is -3.85. The topological polar surface area (TPSA) is 91.9 Å². The summed E-state index contributed by atoms with van der Waals surface area (Å²) in [4.78, 5) is 19.4. The molecule has 0 spiro atoms. The fraction of sp³-hybridized carbons (Fsp3) is 0.125. The summed E-state index contributed by atoms with van der Waals surface area (Å²) >= 11 is 1.15. The normalized spacial score (nSPS) is 11.5. The van der Waals surface area contributed by atoms with Gasteiger partial charge in [0, 0.05) is 0 Å². The number of H-pyrrole nitrogens is 1. The number of hydrogen-bond donors (Lipinski definition) is 2. The molecule has 24 heavy (non-hydrogen) atoms. The van der Waals surface area contributed by atoms with Crippen molar-refractivity contribution in [3.63, 3.8) is 0 Å². The van der Waals surface area contributed by atoms with E-state index in [-0.39, 0.29) is 10.6 Å². The van der Waals surface area contributed by atoms with Crippen molar-refractivity contribution in [2.75, 3.05) is 5.75 Å². The van der Waals surface area contributed by atoms with Gasteiger partial charge < -0.3 is 4.98 Å². The summed E-state index contributed by atoms with van der Waals surface area (Å²) in [5.41, 5.74) is 2.61. The SMILES string of the molecule is Cc1ccc(S(=O)(=O)NC(=O)CSc2nc3ccccc3[nH]2)cc1.